The SMILES string of the molecule is Oc1c(Cl)cc(Cl)cc1C=NNc1nc2ccccc2[nH]1. The lowest BCUT2D eigenvalue weighted by atomic mass is 10.2. The normalized spacial score (nSPS) is 11.3. The lowest BCUT2D eigenvalue weighted by Crippen LogP contribution is -1.93. The zero-order valence-electron chi connectivity index (χ0n) is 10.6. The van der Waals surface area contributed by atoms with Crippen LogP contribution in [0.25, 0.3) is 11.0 Å². The molecular formula is C14H10Cl2N4O. The van der Waals surface area contributed by atoms with Gasteiger partial charge in [-0.05, 0) is 24.3 Å². The van der Waals surface area contributed by atoms with Crippen molar-refractivity contribution in [2.24, 2.45) is 5.10 Å². The number of rotatable bonds is 3. The smallest absolute Gasteiger partial charge is 0.222 e. The fourth-order valence-corrected chi connectivity index (χ4v) is 2.36. The number of phenolic OH excluding ortho intramolecular Hbond substituents is 1. The number of hydrazone groups is 1. The number of imidazole rings is 1. The number of H-pyrrole nitrogens is 1. The third-order valence-electron chi connectivity index (χ3n) is 2.82. The highest BCUT2D eigenvalue weighted by molar-refractivity contribution is 6.36. The molecule has 0 saturated carbocycles. The van der Waals surface area contributed by atoms with Gasteiger partial charge in [0.2, 0.25) is 5.95 Å². The number of halogens is 2. The van der Waals surface area contributed by atoms with Crippen molar-refractivity contribution in [2.45, 2.75) is 0 Å². The molecule has 1 aromatic heterocycles. The van der Waals surface area contributed by atoms with E-state index < -0.39 is 0 Å². The summed E-state index contributed by atoms with van der Waals surface area (Å²) in [6.07, 6.45) is 1.42. The number of aromatic hydroxyl groups is 1. The molecule has 0 fully saturated rings. The Hall–Kier alpha value is -2.24. The van der Waals surface area contributed by atoms with E-state index in [-0.39, 0.29) is 10.8 Å². The molecule has 2 aromatic carbocycles. The topological polar surface area (TPSA) is 73.3 Å². The van der Waals surface area contributed by atoms with Gasteiger partial charge in [0, 0.05) is 10.6 Å². The maximum absolute atomic E-state index is 9.80. The van der Waals surface area contributed by atoms with Gasteiger partial charge < -0.3 is 10.1 Å². The zero-order chi connectivity index (χ0) is 14.8. The van der Waals surface area contributed by atoms with Crippen molar-refractivity contribution < 1.29 is 5.11 Å². The minimum atomic E-state index is -0.0729. The van der Waals surface area contributed by atoms with Crippen LogP contribution in [0.4, 0.5) is 5.95 Å². The molecule has 106 valence electrons. The number of nitrogens with one attached hydrogen (secondary N) is 2. The second-order valence-electron chi connectivity index (χ2n) is 4.30. The standard InChI is InChI=1S/C14H10Cl2N4O/c15-9-5-8(13(21)10(16)6-9)7-17-20-14-18-11-3-1-2-4-12(11)19-14/h1-7,21H,(H2,18,19,20). The van der Waals surface area contributed by atoms with E-state index in [1.54, 1.807) is 6.07 Å². The van der Waals surface area contributed by atoms with E-state index in [0.29, 0.717) is 16.5 Å². The largest absolute Gasteiger partial charge is 0.506 e. The first-order valence-corrected chi connectivity index (χ1v) is 6.81. The summed E-state index contributed by atoms with van der Waals surface area (Å²) in [6, 6.07) is 10.7. The molecule has 3 rings (SSSR count). The minimum absolute atomic E-state index is 0.0729. The number of nitrogens with zero attached hydrogens (tertiary/aromatic N) is 2. The third kappa shape index (κ3) is 2.94. The maximum Gasteiger partial charge on any atom is 0.222 e. The molecule has 0 spiro atoms. The van der Waals surface area contributed by atoms with E-state index in [2.05, 4.69) is 20.5 Å². The number of phenols is 1. The van der Waals surface area contributed by atoms with E-state index in [0.717, 1.165) is 11.0 Å². The second kappa shape index (κ2) is 5.63. The van der Waals surface area contributed by atoms with Crippen LogP contribution in [-0.2, 0) is 0 Å². The van der Waals surface area contributed by atoms with Crippen LogP contribution in [0.5, 0.6) is 5.75 Å². The monoisotopic (exact) mass is 320 g/mol. The Kier molecular flexibility index (Phi) is 3.68. The summed E-state index contributed by atoms with van der Waals surface area (Å²) < 4.78 is 0. The van der Waals surface area contributed by atoms with Gasteiger partial charge in [0.1, 0.15) is 5.75 Å². The number of anilines is 1. The average Bonchev–Trinajstić information content (AvgIpc) is 2.86. The highest BCUT2D eigenvalue weighted by Gasteiger charge is 2.06. The number of fused-ring (bicyclic) bond motifs is 1. The first-order valence-electron chi connectivity index (χ1n) is 6.05. The predicted octanol–water partition coefficient (Wildman–Crippen LogP) is 4.02. The maximum atomic E-state index is 9.80. The summed E-state index contributed by atoms with van der Waals surface area (Å²) in [5, 5.41) is 14.4. The molecule has 1 heterocycles. The molecule has 0 amide bonds. The lowest BCUT2D eigenvalue weighted by Gasteiger charge is -2.02. The quantitative estimate of drug-likeness (QED) is 0.504. The Labute approximate surface area is 130 Å². The number of hydrogen-bond acceptors (Lipinski definition) is 4. The Morgan fingerprint density at radius 1 is 1.24 bits per heavy atom. The summed E-state index contributed by atoms with van der Waals surface area (Å²) in [4.78, 5) is 7.38. The Bertz CT molecular complexity index is 796. The number of hydrogen-bond donors (Lipinski definition) is 3. The molecule has 0 unspecified atom stereocenters. The predicted molar refractivity (Wildman–Crippen MR) is 85.4 cm³/mol. The van der Waals surface area contributed by atoms with Crippen molar-refractivity contribution in [2.75, 3.05) is 5.43 Å². The van der Waals surface area contributed by atoms with Gasteiger partial charge in [-0.1, -0.05) is 35.3 Å². The highest BCUT2D eigenvalue weighted by Crippen LogP contribution is 2.30. The second-order valence-corrected chi connectivity index (χ2v) is 5.14. The fourth-order valence-electron chi connectivity index (χ4n) is 1.85. The van der Waals surface area contributed by atoms with Gasteiger partial charge in [0.25, 0.3) is 0 Å². The van der Waals surface area contributed by atoms with Gasteiger partial charge in [-0.15, -0.1) is 0 Å². The summed E-state index contributed by atoms with van der Waals surface area (Å²) in [7, 11) is 0. The highest BCUT2D eigenvalue weighted by atomic mass is 35.5. The van der Waals surface area contributed by atoms with Crippen molar-refractivity contribution in [1.29, 1.82) is 0 Å². The first kappa shape index (κ1) is 13.7. The molecular weight excluding hydrogens is 311 g/mol. The number of para-hydroxylation sites is 2. The van der Waals surface area contributed by atoms with Crippen molar-refractivity contribution in [3.8, 4) is 5.75 Å². The van der Waals surface area contributed by atoms with Crippen LogP contribution in [0.15, 0.2) is 41.5 Å². The number of aromatic amines is 1. The fraction of sp³-hybridized carbons (Fsp3) is 0. The Morgan fingerprint density at radius 2 is 2.05 bits per heavy atom. The minimum Gasteiger partial charge on any atom is -0.506 e. The molecule has 0 atom stereocenters. The van der Waals surface area contributed by atoms with Crippen molar-refractivity contribution in [3.05, 3.63) is 52.0 Å². The van der Waals surface area contributed by atoms with Crippen LogP contribution in [0.2, 0.25) is 10.0 Å². The van der Waals surface area contributed by atoms with Crippen LogP contribution in [0.1, 0.15) is 5.56 Å². The summed E-state index contributed by atoms with van der Waals surface area (Å²) in [6.45, 7) is 0. The molecule has 0 radical (unpaired) electrons. The third-order valence-corrected chi connectivity index (χ3v) is 3.33. The van der Waals surface area contributed by atoms with E-state index >= 15 is 0 Å². The lowest BCUT2D eigenvalue weighted by molar-refractivity contribution is 0.475. The van der Waals surface area contributed by atoms with Gasteiger partial charge in [0.05, 0.1) is 22.3 Å². The first-order chi connectivity index (χ1) is 10.1. The summed E-state index contributed by atoms with van der Waals surface area (Å²) >= 11 is 11.7. The van der Waals surface area contributed by atoms with Crippen LogP contribution >= 0.6 is 23.2 Å². The zero-order valence-corrected chi connectivity index (χ0v) is 12.2. The number of benzene rings is 2. The molecule has 0 aliphatic carbocycles. The van der Waals surface area contributed by atoms with E-state index in [1.165, 1.54) is 12.3 Å². The van der Waals surface area contributed by atoms with Gasteiger partial charge in [-0.25, -0.2) is 10.4 Å². The van der Waals surface area contributed by atoms with Crippen molar-refractivity contribution >= 4 is 46.4 Å². The van der Waals surface area contributed by atoms with Crippen LogP contribution in [-0.4, -0.2) is 21.3 Å². The molecule has 7 heteroatoms. The van der Waals surface area contributed by atoms with E-state index in [1.807, 2.05) is 24.3 Å². The van der Waals surface area contributed by atoms with Gasteiger partial charge in [-0.3, -0.25) is 0 Å². The number of aromatic nitrogens is 2. The molecule has 0 saturated heterocycles. The van der Waals surface area contributed by atoms with Crippen molar-refractivity contribution in [3.63, 3.8) is 0 Å². The van der Waals surface area contributed by atoms with Gasteiger partial charge in [0.15, 0.2) is 0 Å². The Balaban J connectivity index is 1.81. The molecule has 0 aliphatic rings. The van der Waals surface area contributed by atoms with Crippen LogP contribution in [0, 0.1) is 0 Å². The van der Waals surface area contributed by atoms with E-state index in [9.17, 15) is 5.11 Å². The molecule has 3 N–H and O–H groups in total. The summed E-state index contributed by atoms with van der Waals surface area (Å²) in [5.74, 6) is 0.427. The molecule has 0 aliphatic heterocycles. The molecule has 3 aromatic rings. The van der Waals surface area contributed by atoms with Crippen LogP contribution in [0.3, 0.4) is 0 Å². The van der Waals surface area contributed by atoms with Crippen molar-refractivity contribution in [1.82, 2.24) is 9.97 Å². The van der Waals surface area contributed by atoms with Gasteiger partial charge >= 0.3 is 0 Å². The average molecular weight is 321 g/mol. The molecule has 0 bridgehead atoms. The summed E-state index contributed by atoms with van der Waals surface area (Å²) in [5.41, 5.74) is 4.91. The molecule has 5 nitrogen and oxygen atoms in total. The van der Waals surface area contributed by atoms with Gasteiger partial charge in [-0.2, -0.15) is 5.10 Å². The Morgan fingerprint density at radius 3 is 2.86 bits per heavy atom. The molecule has 21 heavy (non-hydrogen) atoms. The van der Waals surface area contributed by atoms with Crippen LogP contribution < -0.4 is 5.43 Å². The van der Waals surface area contributed by atoms with E-state index in [4.69, 9.17) is 23.2 Å².